The molecule has 0 bridgehead atoms. The van der Waals surface area contributed by atoms with Crippen molar-refractivity contribution in [1.29, 1.82) is 0 Å². The van der Waals surface area contributed by atoms with Gasteiger partial charge in [-0.25, -0.2) is 4.98 Å². The van der Waals surface area contributed by atoms with Gasteiger partial charge in [0.15, 0.2) is 5.78 Å². The monoisotopic (exact) mass is 497 g/mol. The molecule has 172 valence electrons. The van der Waals surface area contributed by atoms with Crippen LogP contribution in [-0.4, -0.2) is 16.7 Å². The Morgan fingerprint density at radius 1 is 0.914 bits per heavy atom. The van der Waals surface area contributed by atoms with Crippen LogP contribution in [0.2, 0.25) is 5.02 Å². The number of hydrogen-bond donors (Lipinski definition) is 2. The van der Waals surface area contributed by atoms with Gasteiger partial charge in [-0.3, -0.25) is 9.59 Å². The Bertz CT molecular complexity index is 1560. The molecule has 3 aromatic carbocycles. The number of nitrogens with one attached hydrogen (secondary N) is 1. The summed E-state index contributed by atoms with van der Waals surface area (Å²) in [4.78, 5) is 30.6. The zero-order valence-corrected chi connectivity index (χ0v) is 20.3. The molecule has 5 aromatic rings. The summed E-state index contributed by atoms with van der Waals surface area (Å²) in [5.74, 6) is -0.365. The number of benzene rings is 3. The Kier molecular flexibility index (Phi) is 6.07. The molecule has 5 nitrogen and oxygen atoms in total. The third-order valence-corrected chi connectivity index (χ3v) is 7.03. The number of anilines is 2. The highest BCUT2D eigenvalue weighted by atomic mass is 35.5. The Morgan fingerprint density at radius 2 is 1.60 bits per heavy atom. The topological polar surface area (TPSA) is 85.1 Å². The van der Waals surface area contributed by atoms with E-state index in [2.05, 4.69) is 5.32 Å². The van der Waals surface area contributed by atoms with E-state index in [1.54, 1.807) is 24.3 Å². The van der Waals surface area contributed by atoms with Crippen LogP contribution in [0.3, 0.4) is 0 Å². The minimum Gasteiger partial charge on any atom is -0.397 e. The van der Waals surface area contributed by atoms with Gasteiger partial charge in [-0.1, -0.05) is 54.1 Å². The minimum atomic E-state index is -0.329. The van der Waals surface area contributed by atoms with E-state index in [4.69, 9.17) is 22.3 Å². The van der Waals surface area contributed by atoms with Gasteiger partial charge >= 0.3 is 0 Å². The van der Waals surface area contributed by atoms with Crippen molar-refractivity contribution in [2.45, 2.75) is 6.92 Å². The van der Waals surface area contributed by atoms with E-state index < -0.39 is 0 Å². The number of amides is 1. The highest BCUT2D eigenvalue weighted by molar-refractivity contribution is 7.21. The molecule has 0 fully saturated rings. The minimum absolute atomic E-state index is 0.0355. The van der Waals surface area contributed by atoms with Crippen LogP contribution in [0, 0.1) is 0 Å². The van der Waals surface area contributed by atoms with Crippen LogP contribution in [0.15, 0.2) is 84.9 Å². The van der Waals surface area contributed by atoms with Gasteiger partial charge in [0.25, 0.3) is 5.91 Å². The molecule has 1 amide bonds. The van der Waals surface area contributed by atoms with Gasteiger partial charge in [-0.2, -0.15) is 0 Å². The molecule has 7 heteroatoms. The van der Waals surface area contributed by atoms with Crippen molar-refractivity contribution >= 4 is 56.2 Å². The predicted octanol–water partition coefficient (Wildman–Crippen LogP) is 7.32. The normalized spacial score (nSPS) is 10.9. The van der Waals surface area contributed by atoms with Crippen molar-refractivity contribution in [1.82, 2.24) is 4.98 Å². The molecule has 0 aliphatic carbocycles. The summed E-state index contributed by atoms with van der Waals surface area (Å²) >= 11 is 7.37. The molecule has 0 unspecified atom stereocenters. The van der Waals surface area contributed by atoms with Gasteiger partial charge in [-0.05, 0) is 60.5 Å². The van der Waals surface area contributed by atoms with E-state index in [9.17, 15) is 9.59 Å². The summed E-state index contributed by atoms with van der Waals surface area (Å²) in [5.41, 5.74) is 11.6. The number of Topliss-reactive ketones (excluding diaryl/α,β-unsaturated/α-hetero) is 1. The van der Waals surface area contributed by atoms with E-state index in [1.165, 1.54) is 18.3 Å². The van der Waals surface area contributed by atoms with Crippen LogP contribution in [0.25, 0.3) is 32.6 Å². The first-order valence-corrected chi connectivity index (χ1v) is 12.1. The number of ketones is 1. The van der Waals surface area contributed by atoms with Gasteiger partial charge in [-0.15, -0.1) is 11.3 Å². The second kappa shape index (κ2) is 9.33. The molecule has 0 aliphatic rings. The number of nitrogens with zero attached hydrogens (tertiary/aromatic N) is 1. The molecule has 2 heterocycles. The standard InChI is InChI=1S/C28H20ClN3O2S/c1-16(33)17-9-13-21(14-10-17)31-27(34)26-25(30)24-22(18-7-11-20(29)12-8-18)15-23(32-28(24)35-26)19-5-3-2-4-6-19/h2-15H,30H2,1H3,(H,31,34). The van der Waals surface area contributed by atoms with Gasteiger partial charge in [0.1, 0.15) is 9.71 Å². The van der Waals surface area contributed by atoms with E-state index >= 15 is 0 Å². The van der Waals surface area contributed by atoms with Crippen LogP contribution in [0.4, 0.5) is 11.4 Å². The molecule has 2 aromatic heterocycles. The largest absolute Gasteiger partial charge is 0.397 e. The lowest BCUT2D eigenvalue weighted by molar-refractivity contribution is 0.101. The van der Waals surface area contributed by atoms with Crippen LogP contribution < -0.4 is 11.1 Å². The van der Waals surface area contributed by atoms with Gasteiger partial charge < -0.3 is 11.1 Å². The zero-order valence-electron chi connectivity index (χ0n) is 18.7. The second-order valence-electron chi connectivity index (χ2n) is 8.04. The molecule has 0 atom stereocenters. The Hall–Kier alpha value is -4.00. The summed E-state index contributed by atoms with van der Waals surface area (Å²) in [5, 5.41) is 4.24. The number of halogens is 1. The molecule has 5 rings (SSSR count). The first-order valence-electron chi connectivity index (χ1n) is 10.9. The maximum absolute atomic E-state index is 13.2. The highest BCUT2D eigenvalue weighted by Gasteiger charge is 2.22. The first-order chi connectivity index (χ1) is 16.9. The number of nitrogen functional groups attached to an aromatic ring is 1. The number of rotatable bonds is 5. The van der Waals surface area contributed by atoms with E-state index in [0.717, 1.165) is 27.8 Å². The van der Waals surface area contributed by atoms with Crippen molar-refractivity contribution in [3.05, 3.63) is 100 Å². The molecule has 3 N–H and O–H groups in total. The molecular formula is C28H20ClN3O2S. The zero-order chi connectivity index (χ0) is 24.5. The lowest BCUT2D eigenvalue weighted by atomic mass is 9.99. The van der Waals surface area contributed by atoms with Crippen molar-refractivity contribution in [3.63, 3.8) is 0 Å². The van der Waals surface area contributed by atoms with Crippen molar-refractivity contribution < 1.29 is 9.59 Å². The predicted molar refractivity (Wildman–Crippen MR) is 144 cm³/mol. The number of carbonyl (C=O) groups excluding carboxylic acids is 2. The fraction of sp³-hybridized carbons (Fsp3) is 0.0357. The SMILES string of the molecule is CC(=O)c1ccc(NC(=O)c2sc3nc(-c4ccccc4)cc(-c4ccc(Cl)cc4)c3c2N)cc1. The number of thiophene rings is 1. The fourth-order valence-electron chi connectivity index (χ4n) is 3.88. The summed E-state index contributed by atoms with van der Waals surface area (Å²) < 4.78 is 0. The van der Waals surface area contributed by atoms with Crippen LogP contribution in [0.1, 0.15) is 27.0 Å². The summed E-state index contributed by atoms with van der Waals surface area (Å²) in [6.07, 6.45) is 0. The van der Waals surface area contributed by atoms with E-state index in [0.29, 0.717) is 31.7 Å². The number of carbonyl (C=O) groups is 2. The molecular weight excluding hydrogens is 478 g/mol. The smallest absolute Gasteiger partial charge is 0.267 e. The summed E-state index contributed by atoms with van der Waals surface area (Å²) in [6, 6.07) is 26.1. The third kappa shape index (κ3) is 4.54. The first kappa shape index (κ1) is 22.8. The molecule has 0 aliphatic heterocycles. The van der Waals surface area contributed by atoms with E-state index in [1.807, 2.05) is 60.7 Å². The maximum Gasteiger partial charge on any atom is 0.267 e. The molecule has 0 saturated carbocycles. The average Bonchev–Trinajstić information content (AvgIpc) is 3.21. The van der Waals surface area contributed by atoms with E-state index in [-0.39, 0.29) is 11.7 Å². The molecule has 0 radical (unpaired) electrons. The lowest BCUT2D eigenvalue weighted by Gasteiger charge is -2.09. The summed E-state index contributed by atoms with van der Waals surface area (Å²) in [7, 11) is 0. The number of fused-ring (bicyclic) bond motifs is 1. The molecule has 0 spiro atoms. The highest BCUT2D eigenvalue weighted by Crippen LogP contribution is 2.41. The average molecular weight is 498 g/mol. The van der Waals surface area contributed by atoms with Crippen LogP contribution >= 0.6 is 22.9 Å². The Morgan fingerprint density at radius 3 is 2.26 bits per heavy atom. The number of hydrogen-bond acceptors (Lipinski definition) is 5. The van der Waals surface area contributed by atoms with Crippen LogP contribution in [0.5, 0.6) is 0 Å². The number of aromatic nitrogens is 1. The van der Waals surface area contributed by atoms with Crippen LogP contribution in [-0.2, 0) is 0 Å². The molecule has 0 saturated heterocycles. The second-order valence-corrected chi connectivity index (χ2v) is 9.48. The van der Waals surface area contributed by atoms with Crippen molar-refractivity contribution in [2.75, 3.05) is 11.1 Å². The van der Waals surface area contributed by atoms with Gasteiger partial charge in [0.05, 0.1) is 11.4 Å². The van der Waals surface area contributed by atoms with Crippen molar-refractivity contribution in [2.24, 2.45) is 0 Å². The quantitative estimate of drug-likeness (QED) is 0.249. The van der Waals surface area contributed by atoms with Crippen molar-refractivity contribution in [3.8, 4) is 22.4 Å². The van der Waals surface area contributed by atoms with Gasteiger partial charge in [0, 0.05) is 27.2 Å². The summed E-state index contributed by atoms with van der Waals surface area (Å²) in [6.45, 7) is 1.50. The van der Waals surface area contributed by atoms with Gasteiger partial charge in [0.2, 0.25) is 0 Å². The Balaban J connectivity index is 1.61. The Labute approximate surface area is 211 Å². The fourth-order valence-corrected chi connectivity index (χ4v) is 5.02. The number of pyridine rings is 1. The maximum atomic E-state index is 13.2. The molecule has 35 heavy (non-hydrogen) atoms. The third-order valence-electron chi connectivity index (χ3n) is 5.68. The number of nitrogens with two attached hydrogens (primary N) is 1. The lowest BCUT2D eigenvalue weighted by Crippen LogP contribution is -2.12.